The van der Waals surface area contributed by atoms with Crippen molar-refractivity contribution in [2.75, 3.05) is 0 Å². The van der Waals surface area contributed by atoms with Crippen LogP contribution in [0.25, 0.3) is 0 Å². The molecule has 0 spiro atoms. The lowest BCUT2D eigenvalue weighted by molar-refractivity contribution is -0.135. The maximum atomic E-state index is 12.6. The second-order valence-electron chi connectivity index (χ2n) is 16.2. The monoisotopic (exact) mass is 736 g/mol. The Kier molecular flexibility index (Phi) is 18.8. The molecule has 2 aliphatic carbocycles. The predicted octanol–water partition coefficient (Wildman–Crippen LogP) is 11.5. The highest BCUT2D eigenvalue weighted by Crippen LogP contribution is 2.38. The number of rotatable bonds is 22. The number of ether oxygens (including phenoxy) is 2. The van der Waals surface area contributed by atoms with E-state index in [2.05, 4.69) is 12.1 Å². The number of nitrogens with zero attached hydrogens (tertiary/aromatic N) is 2. The van der Waals surface area contributed by atoms with Gasteiger partial charge in [-0.3, -0.25) is 14.4 Å². The molecule has 0 radical (unpaired) electrons. The normalized spacial score (nSPS) is 20.9. The van der Waals surface area contributed by atoms with Crippen LogP contribution in [-0.2, 0) is 27.2 Å². The lowest BCUT2D eigenvalue weighted by atomic mass is 9.73. The molecule has 2 aromatic rings. The minimum atomic E-state index is -0.209. The zero-order chi connectivity index (χ0) is 38.5. The van der Waals surface area contributed by atoms with Gasteiger partial charge in [-0.15, -0.1) is 0 Å². The topological polar surface area (TPSA) is 117 Å². The SMILES string of the molecule is CCCC(=O)Oc1ccc(CC(C#N)C2CCC(CCCCC(=O)CCCC[C@H]3CC[C@H](C(C#N)Cc4ccc(OC(=O)CCC)cc4)CC3)CC2)cc1. The van der Waals surface area contributed by atoms with E-state index in [0.29, 0.717) is 66.6 Å². The minimum absolute atomic E-state index is 0.00885. The lowest BCUT2D eigenvalue weighted by Gasteiger charge is -2.31. The number of carbonyl (C=O) groups excluding carboxylic acids is 3. The first kappa shape index (κ1) is 42.8. The third-order valence-electron chi connectivity index (χ3n) is 12.0. The standard InChI is InChI=1S/C47H64N2O5/c1-3-9-46(51)53-44-27-19-37(20-28-44)31-41(33-48)39-23-15-35(16-24-39)11-5-7-13-43(50)14-8-6-12-36-17-25-40(26-18-36)42(34-49)32-38-21-29-45(30-22-38)54-47(52)10-4-2/h19-22,27-30,35-36,39-42H,3-18,23-26,31-32H2,1-2H3/t35-,36?,39-,40?,41?,42?. The number of benzene rings is 2. The second kappa shape index (κ2) is 23.7. The molecule has 2 unspecified atom stereocenters. The Bertz CT molecular complexity index is 1390. The number of ketones is 1. The molecule has 0 amide bonds. The average molecular weight is 737 g/mol. The van der Waals surface area contributed by atoms with Gasteiger partial charge in [0.1, 0.15) is 17.3 Å². The Morgan fingerprint density at radius 2 is 0.944 bits per heavy atom. The van der Waals surface area contributed by atoms with Crippen LogP contribution in [0.5, 0.6) is 11.5 Å². The van der Waals surface area contributed by atoms with Crippen molar-refractivity contribution in [3.63, 3.8) is 0 Å². The first-order chi connectivity index (χ1) is 26.3. The maximum Gasteiger partial charge on any atom is 0.311 e. The molecule has 0 aliphatic heterocycles. The van der Waals surface area contributed by atoms with Gasteiger partial charge in [-0.25, -0.2) is 0 Å². The molecule has 2 saturated carbocycles. The molecular formula is C47H64N2O5. The number of nitriles is 2. The largest absolute Gasteiger partial charge is 0.427 e. The summed E-state index contributed by atoms with van der Waals surface area (Å²) >= 11 is 0. The fourth-order valence-electron chi connectivity index (χ4n) is 8.70. The van der Waals surface area contributed by atoms with E-state index < -0.39 is 0 Å². The van der Waals surface area contributed by atoms with Gasteiger partial charge in [-0.2, -0.15) is 10.5 Å². The van der Waals surface area contributed by atoms with Crippen LogP contribution in [-0.4, -0.2) is 17.7 Å². The summed E-state index contributed by atoms with van der Waals surface area (Å²) in [6.45, 7) is 3.91. The highest BCUT2D eigenvalue weighted by atomic mass is 16.5. The van der Waals surface area contributed by atoms with Crippen molar-refractivity contribution in [2.45, 2.75) is 155 Å². The third kappa shape index (κ3) is 15.0. The molecule has 4 rings (SSSR count). The van der Waals surface area contributed by atoms with E-state index >= 15 is 0 Å². The van der Waals surface area contributed by atoms with Gasteiger partial charge in [0, 0.05) is 25.7 Å². The van der Waals surface area contributed by atoms with E-state index in [4.69, 9.17) is 9.47 Å². The smallest absolute Gasteiger partial charge is 0.311 e. The van der Waals surface area contributed by atoms with Gasteiger partial charge < -0.3 is 9.47 Å². The molecule has 0 heterocycles. The second-order valence-corrected chi connectivity index (χ2v) is 16.2. The molecule has 0 bridgehead atoms. The van der Waals surface area contributed by atoms with Crippen molar-refractivity contribution in [3.8, 4) is 23.6 Å². The van der Waals surface area contributed by atoms with Crippen LogP contribution >= 0.6 is 0 Å². The maximum absolute atomic E-state index is 12.6. The van der Waals surface area contributed by atoms with E-state index in [1.165, 1.54) is 38.5 Å². The number of hydrogen-bond acceptors (Lipinski definition) is 7. The van der Waals surface area contributed by atoms with Gasteiger partial charge in [0.05, 0.1) is 24.0 Å². The first-order valence-electron chi connectivity index (χ1n) is 21.2. The Balaban J connectivity index is 1.02. The Morgan fingerprint density at radius 1 is 0.574 bits per heavy atom. The Labute approximate surface area is 325 Å². The van der Waals surface area contributed by atoms with Crippen molar-refractivity contribution in [3.05, 3.63) is 59.7 Å². The highest BCUT2D eigenvalue weighted by molar-refractivity contribution is 5.78. The first-order valence-corrected chi connectivity index (χ1v) is 21.2. The van der Waals surface area contributed by atoms with E-state index in [1.807, 2.05) is 62.4 Å². The quantitative estimate of drug-likeness (QED) is 0.0671. The van der Waals surface area contributed by atoms with Crippen LogP contribution in [0.1, 0.15) is 153 Å². The summed E-state index contributed by atoms with van der Waals surface area (Å²) in [6, 6.07) is 20.4. The number of hydrogen-bond donors (Lipinski definition) is 0. The molecule has 2 atom stereocenters. The van der Waals surface area contributed by atoms with Crippen molar-refractivity contribution in [1.29, 1.82) is 10.5 Å². The fraction of sp³-hybridized carbons (Fsp3) is 0.638. The van der Waals surface area contributed by atoms with Crippen LogP contribution in [0, 0.1) is 58.2 Å². The van der Waals surface area contributed by atoms with Gasteiger partial charge in [-0.05, 0) is 123 Å². The molecule has 2 fully saturated rings. The van der Waals surface area contributed by atoms with E-state index in [0.717, 1.165) is 88.2 Å². The average Bonchev–Trinajstić information content (AvgIpc) is 3.18. The van der Waals surface area contributed by atoms with E-state index in [-0.39, 0.29) is 23.8 Å². The number of Topliss-reactive ketones (excluding diaryl/α,β-unsaturated/α-hetero) is 1. The van der Waals surface area contributed by atoms with Crippen LogP contribution in [0.4, 0.5) is 0 Å². The zero-order valence-electron chi connectivity index (χ0n) is 33.1. The Hall–Kier alpha value is -3.97. The van der Waals surface area contributed by atoms with Crippen LogP contribution in [0.3, 0.4) is 0 Å². The molecular weight excluding hydrogens is 673 g/mol. The van der Waals surface area contributed by atoms with Gasteiger partial charge in [0.15, 0.2) is 0 Å². The van der Waals surface area contributed by atoms with Crippen molar-refractivity contribution in [1.82, 2.24) is 0 Å². The van der Waals surface area contributed by atoms with E-state index in [1.54, 1.807) is 0 Å². The summed E-state index contributed by atoms with van der Waals surface area (Å²) < 4.78 is 10.7. The molecule has 292 valence electrons. The lowest BCUT2D eigenvalue weighted by Crippen LogP contribution is -2.22. The molecule has 0 saturated heterocycles. The van der Waals surface area contributed by atoms with Crippen LogP contribution in [0.15, 0.2) is 48.5 Å². The number of esters is 2. The van der Waals surface area contributed by atoms with E-state index in [9.17, 15) is 24.9 Å². The molecule has 2 aromatic carbocycles. The molecule has 54 heavy (non-hydrogen) atoms. The van der Waals surface area contributed by atoms with Crippen molar-refractivity contribution < 1.29 is 23.9 Å². The zero-order valence-corrected chi connectivity index (χ0v) is 33.1. The minimum Gasteiger partial charge on any atom is -0.427 e. The third-order valence-corrected chi connectivity index (χ3v) is 12.0. The molecule has 0 aromatic heterocycles. The van der Waals surface area contributed by atoms with Gasteiger partial charge in [0.25, 0.3) is 0 Å². The summed E-state index contributed by atoms with van der Waals surface area (Å²) in [5.74, 6) is 3.42. The predicted molar refractivity (Wildman–Crippen MR) is 212 cm³/mol. The summed E-state index contributed by atoms with van der Waals surface area (Å²) in [5, 5.41) is 19.9. The summed E-state index contributed by atoms with van der Waals surface area (Å²) in [5.41, 5.74) is 2.23. The van der Waals surface area contributed by atoms with Gasteiger partial charge in [0.2, 0.25) is 0 Å². The van der Waals surface area contributed by atoms with Gasteiger partial charge >= 0.3 is 11.9 Å². The number of unbranched alkanes of at least 4 members (excludes halogenated alkanes) is 2. The van der Waals surface area contributed by atoms with Crippen LogP contribution in [0.2, 0.25) is 0 Å². The molecule has 2 aliphatic rings. The molecule has 7 nitrogen and oxygen atoms in total. The summed E-state index contributed by atoms with van der Waals surface area (Å²) in [7, 11) is 0. The van der Waals surface area contributed by atoms with Crippen LogP contribution < -0.4 is 9.47 Å². The summed E-state index contributed by atoms with van der Waals surface area (Å²) in [6.07, 6.45) is 20.9. The molecule has 0 N–H and O–H groups in total. The van der Waals surface area contributed by atoms with Crippen molar-refractivity contribution in [2.24, 2.45) is 35.5 Å². The number of carbonyl (C=O) groups is 3. The fourth-order valence-corrected chi connectivity index (χ4v) is 8.70. The summed E-state index contributed by atoms with van der Waals surface area (Å²) in [4.78, 5) is 36.1. The highest BCUT2D eigenvalue weighted by Gasteiger charge is 2.29. The molecule has 7 heteroatoms. The van der Waals surface area contributed by atoms with Crippen molar-refractivity contribution >= 4 is 17.7 Å². The van der Waals surface area contributed by atoms with Gasteiger partial charge in [-0.1, -0.05) is 89.5 Å². The Morgan fingerprint density at radius 3 is 1.28 bits per heavy atom.